The molecule has 178 valence electrons. The van der Waals surface area contributed by atoms with Crippen LogP contribution in [0.25, 0.3) is 22.1 Å². The van der Waals surface area contributed by atoms with Gasteiger partial charge in [-0.3, -0.25) is 19.8 Å². The second-order valence-corrected chi connectivity index (χ2v) is 8.51. The second kappa shape index (κ2) is 10.0. The molecule has 1 saturated heterocycles. The number of anilines is 2. The van der Waals surface area contributed by atoms with E-state index in [1.54, 1.807) is 55.6 Å². The van der Waals surface area contributed by atoms with Gasteiger partial charge in [-0.25, -0.2) is 0 Å². The van der Waals surface area contributed by atoms with Crippen molar-refractivity contribution in [3.63, 3.8) is 0 Å². The van der Waals surface area contributed by atoms with Crippen molar-refractivity contribution < 1.29 is 13.9 Å². The molecule has 7 heteroatoms. The Morgan fingerprint density at radius 1 is 0.914 bits per heavy atom. The van der Waals surface area contributed by atoms with Gasteiger partial charge < -0.3 is 14.1 Å². The summed E-state index contributed by atoms with van der Waals surface area (Å²) in [4.78, 5) is 30.8. The Kier molecular flexibility index (Phi) is 6.50. The number of piperazine rings is 1. The van der Waals surface area contributed by atoms with Crippen LogP contribution in [-0.2, 0) is 4.79 Å². The van der Waals surface area contributed by atoms with Crippen molar-refractivity contribution in [2.24, 2.45) is 0 Å². The van der Waals surface area contributed by atoms with E-state index in [2.05, 4.69) is 27.2 Å². The molecule has 0 spiro atoms. The van der Waals surface area contributed by atoms with Gasteiger partial charge in [0.25, 0.3) is 0 Å². The van der Waals surface area contributed by atoms with Gasteiger partial charge in [0.15, 0.2) is 0 Å². The molecule has 1 amide bonds. The molecule has 3 aromatic carbocycles. The lowest BCUT2D eigenvalue weighted by atomic mass is 10.0. The average molecular weight is 470 g/mol. The van der Waals surface area contributed by atoms with E-state index in [1.165, 1.54) is 5.69 Å². The Labute approximate surface area is 203 Å². The molecule has 1 aliphatic heterocycles. The summed E-state index contributed by atoms with van der Waals surface area (Å²) in [6.07, 6.45) is 0. The number of rotatable bonds is 6. The maximum absolute atomic E-state index is 13.4. The SMILES string of the molecule is COc1ccc(-c2c(NC(=O)CN3CCN(c4ccccc4)CC3)oc3ccccc3c2=O)cc1. The Bertz CT molecular complexity index is 1380. The van der Waals surface area contributed by atoms with Gasteiger partial charge in [0.05, 0.1) is 24.6 Å². The third-order valence-corrected chi connectivity index (χ3v) is 6.29. The molecule has 4 aromatic rings. The summed E-state index contributed by atoms with van der Waals surface area (Å²) in [5.41, 5.74) is 2.41. The van der Waals surface area contributed by atoms with Crippen LogP contribution in [-0.4, -0.2) is 50.6 Å². The predicted octanol–water partition coefficient (Wildman–Crippen LogP) is 4.23. The lowest BCUT2D eigenvalue weighted by Crippen LogP contribution is -2.48. The molecule has 7 nitrogen and oxygen atoms in total. The first-order valence-electron chi connectivity index (χ1n) is 11.6. The molecule has 1 aromatic heterocycles. The van der Waals surface area contributed by atoms with Gasteiger partial charge in [-0.15, -0.1) is 0 Å². The Balaban J connectivity index is 1.35. The van der Waals surface area contributed by atoms with Crippen LogP contribution in [0.2, 0.25) is 0 Å². The number of carbonyl (C=O) groups excluding carboxylic acids is 1. The molecule has 35 heavy (non-hydrogen) atoms. The van der Waals surface area contributed by atoms with E-state index in [4.69, 9.17) is 9.15 Å². The average Bonchev–Trinajstić information content (AvgIpc) is 2.90. The fraction of sp³-hybridized carbons (Fsp3) is 0.214. The van der Waals surface area contributed by atoms with Crippen molar-refractivity contribution >= 4 is 28.4 Å². The molecule has 5 rings (SSSR count). The number of ether oxygens (including phenoxy) is 1. The number of nitrogens with zero attached hydrogens (tertiary/aromatic N) is 2. The first kappa shape index (κ1) is 22.7. The van der Waals surface area contributed by atoms with Gasteiger partial charge in [-0.05, 0) is 42.0 Å². The van der Waals surface area contributed by atoms with Crippen LogP contribution in [0.3, 0.4) is 0 Å². The largest absolute Gasteiger partial charge is 0.497 e. The van der Waals surface area contributed by atoms with Crippen molar-refractivity contribution in [2.45, 2.75) is 0 Å². The molecule has 0 unspecified atom stereocenters. The van der Waals surface area contributed by atoms with Crippen molar-refractivity contribution in [3.8, 4) is 16.9 Å². The van der Waals surface area contributed by atoms with E-state index in [9.17, 15) is 9.59 Å². The number of methoxy groups -OCH3 is 1. The zero-order valence-electron chi connectivity index (χ0n) is 19.6. The quantitative estimate of drug-likeness (QED) is 0.456. The maximum atomic E-state index is 13.4. The van der Waals surface area contributed by atoms with Crippen LogP contribution in [0.15, 0.2) is 88.1 Å². The van der Waals surface area contributed by atoms with E-state index < -0.39 is 0 Å². The monoisotopic (exact) mass is 469 g/mol. The van der Waals surface area contributed by atoms with E-state index in [-0.39, 0.29) is 23.8 Å². The molecule has 2 heterocycles. The highest BCUT2D eigenvalue weighted by Gasteiger charge is 2.22. The lowest BCUT2D eigenvalue weighted by Gasteiger charge is -2.35. The molecular weight excluding hydrogens is 442 g/mol. The topological polar surface area (TPSA) is 75.0 Å². The van der Waals surface area contributed by atoms with Crippen molar-refractivity contribution in [3.05, 3.63) is 89.1 Å². The summed E-state index contributed by atoms with van der Waals surface area (Å²) in [6, 6.07) is 24.5. The Morgan fingerprint density at radius 3 is 2.31 bits per heavy atom. The number of hydrogen-bond acceptors (Lipinski definition) is 6. The normalized spacial score (nSPS) is 14.1. The van der Waals surface area contributed by atoms with E-state index in [0.717, 1.165) is 26.2 Å². The first-order chi connectivity index (χ1) is 17.1. The summed E-state index contributed by atoms with van der Waals surface area (Å²) >= 11 is 0. The van der Waals surface area contributed by atoms with E-state index in [0.29, 0.717) is 27.8 Å². The Hall–Kier alpha value is -4.10. The van der Waals surface area contributed by atoms with Crippen LogP contribution in [0, 0.1) is 0 Å². The third kappa shape index (κ3) is 4.90. The summed E-state index contributed by atoms with van der Waals surface area (Å²) in [5, 5.41) is 3.33. The van der Waals surface area contributed by atoms with Crippen LogP contribution >= 0.6 is 0 Å². The predicted molar refractivity (Wildman–Crippen MR) is 138 cm³/mol. The number of nitrogens with one attached hydrogen (secondary N) is 1. The second-order valence-electron chi connectivity index (χ2n) is 8.51. The van der Waals surface area contributed by atoms with Crippen molar-refractivity contribution in [1.82, 2.24) is 4.90 Å². The van der Waals surface area contributed by atoms with Crippen LogP contribution in [0.4, 0.5) is 11.6 Å². The lowest BCUT2D eigenvalue weighted by molar-refractivity contribution is -0.117. The summed E-state index contributed by atoms with van der Waals surface area (Å²) in [5.74, 6) is 0.622. The van der Waals surface area contributed by atoms with Gasteiger partial charge >= 0.3 is 0 Å². The van der Waals surface area contributed by atoms with Crippen LogP contribution in [0.1, 0.15) is 0 Å². The highest BCUT2D eigenvalue weighted by Crippen LogP contribution is 2.30. The van der Waals surface area contributed by atoms with Gasteiger partial charge in [-0.2, -0.15) is 0 Å². The molecule has 0 bridgehead atoms. The highest BCUT2D eigenvalue weighted by atomic mass is 16.5. The van der Waals surface area contributed by atoms with Crippen LogP contribution < -0.4 is 20.4 Å². The summed E-state index contributed by atoms with van der Waals surface area (Å²) in [7, 11) is 1.59. The number of fused-ring (bicyclic) bond motifs is 1. The van der Waals surface area contributed by atoms with Gasteiger partial charge in [0.2, 0.25) is 17.2 Å². The first-order valence-corrected chi connectivity index (χ1v) is 11.6. The zero-order chi connectivity index (χ0) is 24.2. The molecule has 0 radical (unpaired) electrons. The molecule has 0 atom stereocenters. The molecule has 1 N–H and O–H groups in total. The van der Waals surface area contributed by atoms with E-state index >= 15 is 0 Å². The number of benzene rings is 3. The summed E-state index contributed by atoms with van der Waals surface area (Å²) < 4.78 is 11.3. The van der Waals surface area contributed by atoms with Gasteiger partial charge in [-0.1, -0.05) is 42.5 Å². The van der Waals surface area contributed by atoms with Crippen LogP contribution in [0.5, 0.6) is 5.75 Å². The van der Waals surface area contributed by atoms with Crippen molar-refractivity contribution in [1.29, 1.82) is 0 Å². The van der Waals surface area contributed by atoms with Gasteiger partial charge in [0, 0.05) is 31.9 Å². The standard InChI is InChI=1S/C28H27N3O4/c1-34-22-13-11-20(12-14-22)26-27(33)23-9-5-6-10-24(23)35-28(26)29-25(32)19-30-15-17-31(18-16-30)21-7-3-2-4-8-21/h2-14H,15-19H2,1H3,(H,29,32). The smallest absolute Gasteiger partial charge is 0.240 e. The summed E-state index contributed by atoms with van der Waals surface area (Å²) in [6.45, 7) is 3.46. The number of hydrogen-bond donors (Lipinski definition) is 1. The maximum Gasteiger partial charge on any atom is 0.240 e. The van der Waals surface area contributed by atoms with Gasteiger partial charge in [0.1, 0.15) is 11.3 Å². The van der Waals surface area contributed by atoms with Crippen molar-refractivity contribution in [2.75, 3.05) is 50.1 Å². The highest BCUT2D eigenvalue weighted by molar-refractivity contribution is 5.97. The minimum atomic E-state index is -0.216. The fourth-order valence-electron chi connectivity index (χ4n) is 4.42. The minimum Gasteiger partial charge on any atom is -0.497 e. The fourth-order valence-corrected chi connectivity index (χ4v) is 4.42. The number of carbonyl (C=O) groups is 1. The zero-order valence-corrected chi connectivity index (χ0v) is 19.6. The molecule has 0 aliphatic carbocycles. The molecule has 1 fully saturated rings. The minimum absolute atomic E-state index is 0.159. The number of para-hydroxylation sites is 2. The molecule has 1 aliphatic rings. The Morgan fingerprint density at radius 2 is 1.60 bits per heavy atom. The number of amides is 1. The van der Waals surface area contributed by atoms with E-state index in [1.807, 2.05) is 18.2 Å². The molecular formula is C28H27N3O4. The molecule has 0 saturated carbocycles. The third-order valence-electron chi connectivity index (χ3n) is 6.29.